The van der Waals surface area contributed by atoms with E-state index in [0.29, 0.717) is 15.7 Å². The van der Waals surface area contributed by atoms with Gasteiger partial charge in [0.15, 0.2) is 6.10 Å². The van der Waals surface area contributed by atoms with E-state index < -0.39 is 28.8 Å². The number of carbonyl (C=O) groups excluding carboxylic acids is 2. The summed E-state index contributed by atoms with van der Waals surface area (Å²) in [6.45, 7) is 1.44. The molecule has 0 saturated heterocycles. The van der Waals surface area contributed by atoms with Gasteiger partial charge in [-0.1, -0.05) is 23.7 Å². The van der Waals surface area contributed by atoms with Crippen LogP contribution >= 0.6 is 11.6 Å². The fourth-order valence-electron chi connectivity index (χ4n) is 1.84. The average molecular weight is 367 g/mol. The first kappa shape index (κ1) is 18.1. The van der Waals surface area contributed by atoms with E-state index in [0.717, 1.165) is 0 Å². The molecule has 0 unspecified atom stereocenters. The Labute approximate surface area is 146 Å². The lowest BCUT2D eigenvalue weighted by Gasteiger charge is -2.14. The summed E-state index contributed by atoms with van der Waals surface area (Å²) in [7, 11) is -1.34. The number of nitrogens with zero attached hydrogens (tertiary/aromatic N) is 1. The van der Waals surface area contributed by atoms with Crippen molar-refractivity contribution < 1.29 is 18.5 Å². The topological polar surface area (TPSA) is 85.4 Å². The Hall–Kier alpha value is -2.25. The smallest absolute Gasteiger partial charge is 0.340 e. The number of ether oxygens (including phenoxy) is 1. The van der Waals surface area contributed by atoms with Crippen LogP contribution in [-0.4, -0.2) is 33.4 Å². The first-order chi connectivity index (χ1) is 11.4. The summed E-state index contributed by atoms with van der Waals surface area (Å²) in [5.74, 6) is -0.955. The van der Waals surface area contributed by atoms with Crippen LogP contribution in [0.4, 0.5) is 5.82 Å². The summed E-state index contributed by atoms with van der Waals surface area (Å²) < 4.78 is 16.8. The molecule has 6 nitrogen and oxygen atoms in total. The minimum Gasteiger partial charge on any atom is -0.449 e. The highest BCUT2D eigenvalue weighted by Crippen LogP contribution is 2.15. The molecular formula is C16H15ClN2O4S. The van der Waals surface area contributed by atoms with E-state index >= 15 is 0 Å². The highest BCUT2D eigenvalue weighted by molar-refractivity contribution is 7.84. The number of esters is 1. The van der Waals surface area contributed by atoms with Crippen molar-refractivity contribution in [2.24, 2.45) is 0 Å². The molecule has 1 aromatic heterocycles. The molecule has 0 aliphatic carbocycles. The molecule has 2 aromatic rings. The van der Waals surface area contributed by atoms with Gasteiger partial charge in [0.25, 0.3) is 5.91 Å². The van der Waals surface area contributed by atoms with Crippen LogP contribution in [0.25, 0.3) is 0 Å². The molecule has 1 aromatic carbocycles. The highest BCUT2D eigenvalue weighted by Gasteiger charge is 2.21. The number of aromatic nitrogens is 1. The number of halogens is 1. The maximum absolute atomic E-state index is 12.2. The van der Waals surface area contributed by atoms with Crippen molar-refractivity contribution in [1.29, 1.82) is 0 Å². The Bertz CT molecular complexity index is 780. The van der Waals surface area contributed by atoms with E-state index in [2.05, 4.69) is 10.3 Å². The van der Waals surface area contributed by atoms with Crippen LogP contribution in [-0.2, 0) is 20.3 Å². The Kier molecular flexibility index (Phi) is 6.05. The van der Waals surface area contributed by atoms with Crippen molar-refractivity contribution in [3.05, 3.63) is 53.2 Å². The van der Waals surface area contributed by atoms with E-state index in [1.807, 2.05) is 0 Å². The minimum atomic E-state index is -1.34. The number of rotatable bonds is 5. The van der Waals surface area contributed by atoms with Gasteiger partial charge in [-0.2, -0.15) is 0 Å². The van der Waals surface area contributed by atoms with Gasteiger partial charge in [0.2, 0.25) is 0 Å². The van der Waals surface area contributed by atoms with Gasteiger partial charge in [-0.3, -0.25) is 9.00 Å². The third kappa shape index (κ3) is 4.62. The van der Waals surface area contributed by atoms with E-state index in [9.17, 15) is 13.8 Å². The van der Waals surface area contributed by atoms with Gasteiger partial charge in [-0.15, -0.1) is 0 Å². The Morgan fingerprint density at radius 1 is 1.25 bits per heavy atom. The third-order valence-electron chi connectivity index (χ3n) is 3.05. The molecule has 0 spiro atoms. The molecule has 1 heterocycles. The predicted molar refractivity (Wildman–Crippen MR) is 91.5 cm³/mol. The lowest BCUT2D eigenvalue weighted by Crippen LogP contribution is -2.30. The van der Waals surface area contributed by atoms with Crippen molar-refractivity contribution in [3.63, 3.8) is 0 Å². The normalized spacial score (nSPS) is 13.0. The molecular weight excluding hydrogens is 352 g/mol. The van der Waals surface area contributed by atoms with Gasteiger partial charge in [-0.25, -0.2) is 9.78 Å². The van der Waals surface area contributed by atoms with Crippen LogP contribution in [0.2, 0.25) is 5.02 Å². The molecule has 1 amide bonds. The number of hydrogen-bond acceptors (Lipinski definition) is 5. The van der Waals surface area contributed by atoms with Crippen LogP contribution in [0.1, 0.15) is 17.3 Å². The molecule has 0 bridgehead atoms. The second-order valence-electron chi connectivity index (χ2n) is 4.85. The fourth-order valence-corrected chi connectivity index (χ4v) is 2.68. The lowest BCUT2D eigenvalue weighted by atomic mass is 10.2. The first-order valence-corrected chi connectivity index (χ1v) is 8.88. The van der Waals surface area contributed by atoms with Gasteiger partial charge in [0, 0.05) is 12.5 Å². The van der Waals surface area contributed by atoms with Crippen LogP contribution in [0.5, 0.6) is 0 Å². The van der Waals surface area contributed by atoms with Crippen molar-refractivity contribution in [2.45, 2.75) is 17.9 Å². The van der Waals surface area contributed by atoms with Crippen LogP contribution in [0.3, 0.4) is 0 Å². The number of carbonyl (C=O) groups is 2. The predicted octanol–water partition coefficient (Wildman–Crippen LogP) is 2.66. The summed E-state index contributed by atoms with van der Waals surface area (Å²) in [6, 6.07) is 9.50. The van der Waals surface area contributed by atoms with Crippen molar-refractivity contribution in [2.75, 3.05) is 11.6 Å². The van der Waals surface area contributed by atoms with E-state index in [4.69, 9.17) is 16.3 Å². The molecule has 0 saturated carbocycles. The molecule has 0 fully saturated rings. The highest BCUT2D eigenvalue weighted by atomic mass is 35.5. The lowest BCUT2D eigenvalue weighted by molar-refractivity contribution is -0.123. The first-order valence-electron chi connectivity index (χ1n) is 6.94. The van der Waals surface area contributed by atoms with Crippen LogP contribution < -0.4 is 5.32 Å². The zero-order valence-corrected chi connectivity index (χ0v) is 14.6. The molecule has 0 aliphatic rings. The Morgan fingerprint density at radius 2 is 1.96 bits per heavy atom. The van der Waals surface area contributed by atoms with Crippen molar-refractivity contribution >= 4 is 40.1 Å². The Balaban J connectivity index is 2.04. The molecule has 24 heavy (non-hydrogen) atoms. The number of benzene rings is 1. The minimum absolute atomic E-state index is 0.169. The quantitative estimate of drug-likeness (QED) is 0.822. The van der Waals surface area contributed by atoms with Crippen LogP contribution in [0.15, 0.2) is 47.5 Å². The van der Waals surface area contributed by atoms with Gasteiger partial charge >= 0.3 is 5.97 Å². The number of amides is 1. The van der Waals surface area contributed by atoms with E-state index in [1.54, 1.807) is 24.3 Å². The largest absolute Gasteiger partial charge is 0.449 e. The molecule has 0 radical (unpaired) electrons. The maximum Gasteiger partial charge on any atom is 0.340 e. The Morgan fingerprint density at radius 3 is 2.58 bits per heavy atom. The summed E-state index contributed by atoms with van der Waals surface area (Å²) in [5.41, 5.74) is 0.169. The second kappa shape index (κ2) is 8.03. The SMILES string of the molecule is C[C@@H](OC(=O)c1ccccc1[S@@](C)=O)C(=O)Nc1ccc(Cl)cn1. The van der Waals surface area contributed by atoms with Gasteiger partial charge in [-0.05, 0) is 31.2 Å². The molecule has 0 aliphatic heterocycles. The molecule has 126 valence electrons. The molecule has 2 atom stereocenters. The number of anilines is 1. The van der Waals surface area contributed by atoms with Crippen molar-refractivity contribution in [1.82, 2.24) is 4.98 Å². The molecule has 2 rings (SSSR count). The van der Waals surface area contributed by atoms with Crippen molar-refractivity contribution in [3.8, 4) is 0 Å². The second-order valence-corrected chi connectivity index (χ2v) is 6.63. The monoisotopic (exact) mass is 366 g/mol. The maximum atomic E-state index is 12.2. The summed E-state index contributed by atoms with van der Waals surface area (Å²) in [4.78, 5) is 28.6. The number of nitrogens with one attached hydrogen (secondary N) is 1. The van der Waals surface area contributed by atoms with Gasteiger partial charge < -0.3 is 10.1 Å². The summed E-state index contributed by atoms with van der Waals surface area (Å²) >= 11 is 5.72. The summed E-state index contributed by atoms with van der Waals surface area (Å²) in [6.07, 6.45) is 1.81. The van der Waals surface area contributed by atoms with E-state index in [1.165, 1.54) is 31.5 Å². The number of hydrogen-bond donors (Lipinski definition) is 1. The third-order valence-corrected chi connectivity index (χ3v) is 4.25. The number of pyridine rings is 1. The molecule has 1 N–H and O–H groups in total. The standard InChI is InChI=1S/C16H15ClN2O4S/c1-10(15(20)19-14-8-7-11(17)9-18-14)23-16(21)12-5-3-4-6-13(12)24(2)22/h3-10H,1-2H3,(H,18,19,20)/t10-,24-/m1/s1. The fraction of sp³-hybridized carbons (Fsp3) is 0.188. The van der Waals surface area contributed by atoms with Gasteiger partial charge in [0.05, 0.1) is 26.3 Å². The van der Waals surface area contributed by atoms with Crippen LogP contribution in [0, 0.1) is 0 Å². The zero-order chi connectivity index (χ0) is 17.7. The van der Waals surface area contributed by atoms with E-state index in [-0.39, 0.29) is 5.56 Å². The average Bonchev–Trinajstić information content (AvgIpc) is 2.56. The van der Waals surface area contributed by atoms with Gasteiger partial charge in [0.1, 0.15) is 5.82 Å². The zero-order valence-electron chi connectivity index (χ0n) is 13.0. The molecule has 8 heteroatoms. The summed E-state index contributed by atoms with van der Waals surface area (Å²) in [5, 5.41) is 2.96.